The van der Waals surface area contributed by atoms with Crippen molar-refractivity contribution in [2.24, 2.45) is 5.92 Å². The van der Waals surface area contributed by atoms with Crippen LogP contribution in [0.15, 0.2) is 48.5 Å². The molecule has 0 spiro atoms. The normalized spacial score (nSPS) is 21.9. The zero-order valence-corrected chi connectivity index (χ0v) is 12.3. The van der Waals surface area contributed by atoms with Gasteiger partial charge in [-0.2, -0.15) is 0 Å². The van der Waals surface area contributed by atoms with Crippen LogP contribution in [0, 0.1) is 11.7 Å². The fraction of sp³-hybridized carbons (Fsp3) is 0.333. The molecule has 0 saturated heterocycles. The van der Waals surface area contributed by atoms with Gasteiger partial charge in [0.15, 0.2) is 11.6 Å². The van der Waals surface area contributed by atoms with E-state index in [1.807, 2.05) is 25.2 Å². The van der Waals surface area contributed by atoms with E-state index in [9.17, 15) is 4.39 Å². The Morgan fingerprint density at radius 2 is 1.90 bits per heavy atom. The summed E-state index contributed by atoms with van der Waals surface area (Å²) in [6, 6.07) is 15.8. The van der Waals surface area contributed by atoms with E-state index in [0.717, 1.165) is 6.42 Å². The first kappa shape index (κ1) is 14.1. The molecule has 2 nitrogen and oxygen atoms in total. The lowest BCUT2D eigenvalue weighted by atomic mass is 9.98. The summed E-state index contributed by atoms with van der Waals surface area (Å²) in [5.74, 6) is 0.996. The van der Waals surface area contributed by atoms with Gasteiger partial charge < -0.3 is 10.1 Å². The molecule has 0 bridgehead atoms. The molecule has 0 heterocycles. The topological polar surface area (TPSA) is 21.3 Å². The number of halogens is 1. The minimum atomic E-state index is -0.252. The van der Waals surface area contributed by atoms with Gasteiger partial charge in [-0.1, -0.05) is 42.5 Å². The summed E-state index contributed by atoms with van der Waals surface area (Å²) in [7, 11) is 3.39. The Kier molecular flexibility index (Phi) is 3.93. The van der Waals surface area contributed by atoms with Crippen molar-refractivity contribution in [3.05, 3.63) is 65.5 Å². The van der Waals surface area contributed by atoms with E-state index >= 15 is 0 Å². The largest absolute Gasteiger partial charge is 0.494 e. The van der Waals surface area contributed by atoms with E-state index in [4.69, 9.17) is 4.74 Å². The molecule has 2 aromatic rings. The molecule has 0 amide bonds. The second kappa shape index (κ2) is 5.86. The van der Waals surface area contributed by atoms with E-state index in [1.54, 1.807) is 6.07 Å². The molecule has 3 atom stereocenters. The van der Waals surface area contributed by atoms with Crippen molar-refractivity contribution in [3.8, 4) is 5.75 Å². The van der Waals surface area contributed by atoms with Gasteiger partial charge in [0, 0.05) is 11.6 Å². The van der Waals surface area contributed by atoms with Gasteiger partial charge in [-0.25, -0.2) is 4.39 Å². The van der Waals surface area contributed by atoms with Crippen LogP contribution in [0.4, 0.5) is 4.39 Å². The molecule has 1 aliphatic carbocycles. The predicted molar refractivity (Wildman–Crippen MR) is 82.0 cm³/mol. The first-order chi connectivity index (χ1) is 10.3. The Morgan fingerprint density at radius 3 is 2.57 bits per heavy atom. The molecule has 21 heavy (non-hydrogen) atoms. The zero-order chi connectivity index (χ0) is 14.8. The summed E-state index contributed by atoms with van der Waals surface area (Å²) in [4.78, 5) is 0. The highest BCUT2D eigenvalue weighted by Gasteiger charge is 2.44. The Balaban J connectivity index is 1.85. The maximum atomic E-state index is 14.5. The van der Waals surface area contributed by atoms with Crippen molar-refractivity contribution >= 4 is 0 Å². The molecule has 1 saturated carbocycles. The third-order valence-corrected chi connectivity index (χ3v) is 4.35. The van der Waals surface area contributed by atoms with Gasteiger partial charge in [0.1, 0.15) is 0 Å². The van der Waals surface area contributed by atoms with Crippen LogP contribution in [0.5, 0.6) is 5.75 Å². The highest BCUT2D eigenvalue weighted by molar-refractivity contribution is 5.36. The van der Waals surface area contributed by atoms with Crippen LogP contribution in [0.1, 0.15) is 29.5 Å². The van der Waals surface area contributed by atoms with Gasteiger partial charge >= 0.3 is 0 Å². The molecule has 110 valence electrons. The van der Waals surface area contributed by atoms with Gasteiger partial charge in [-0.05, 0) is 36.9 Å². The molecule has 1 N–H and O–H groups in total. The van der Waals surface area contributed by atoms with Crippen LogP contribution in [0.3, 0.4) is 0 Å². The van der Waals surface area contributed by atoms with Gasteiger partial charge in [0.2, 0.25) is 0 Å². The first-order valence-corrected chi connectivity index (χ1v) is 7.31. The molecule has 0 aliphatic heterocycles. The van der Waals surface area contributed by atoms with Gasteiger partial charge in [0.05, 0.1) is 7.11 Å². The van der Waals surface area contributed by atoms with E-state index in [-0.39, 0.29) is 11.9 Å². The lowest BCUT2D eigenvalue weighted by Crippen LogP contribution is -2.20. The summed E-state index contributed by atoms with van der Waals surface area (Å²) >= 11 is 0. The predicted octanol–water partition coefficient (Wildman–Crippen LogP) is 3.90. The lowest BCUT2D eigenvalue weighted by Gasteiger charge is -2.19. The molecule has 1 fully saturated rings. The number of rotatable bonds is 5. The van der Waals surface area contributed by atoms with Crippen molar-refractivity contribution < 1.29 is 9.13 Å². The Labute approximate surface area is 125 Å². The first-order valence-electron chi connectivity index (χ1n) is 7.31. The molecule has 3 rings (SSSR count). The Bertz CT molecular complexity index is 614. The van der Waals surface area contributed by atoms with Crippen molar-refractivity contribution in [1.82, 2.24) is 5.32 Å². The minimum Gasteiger partial charge on any atom is -0.494 e. The summed E-state index contributed by atoms with van der Waals surface area (Å²) in [6.45, 7) is 0. The third-order valence-electron chi connectivity index (χ3n) is 4.35. The number of hydrogen-bond acceptors (Lipinski definition) is 2. The van der Waals surface area contributed by atoms with Crippen LogP contribution in [0.25, 0.3) is 0 Å². The maximum Gasteiger partial charge on any atom is 0.169 e. The number of nitrogens with one attached hydrogen (secondary N) is 1. The third kappa shape index (κ3) is 2.66. The molecule has 2 aromatic carbocycles. The molecule has 0 aromatic heterocycles. The minimum absolute atomic E-state index is 0.0188. The van der Waals surface area contributed by atoms with Gasteiger partial charge in [-0.3, -0.25) is 0 Å². The quantitative estimate of drug-likeness (QED) is 0.899. The number of benzene rings is 2. The smallest absolute Gasteiger partial charge is 0.169 e. The van der Waals surface area contributed by atoms with E-state index < -0.39 is 0 Å². The van der Waals surface area contributed by atoms with E-state index in [1.165, 1.54) is 12.7 Å². The van der Waals surface area contributed by atoms with Crippen molar-refractivity contribution in [2.45, 2.75) is 18.4 Å². The van der Waals surface area contributed by atoms with Gasteiger partial charge in [-0.15, -0.1) is 0 Å². The van der Waals surface area contributed by atoms with Crippen LogP contribution in [0.2, 0.25) is 0 Å². The molecule has 1 aliphatic rings. The monoisotopic (exact) mass is 285 g/mol. The van der Waals surface area contributed by atoms with Crippen LogP contribution in [-0.4, -0.2) is 14.2 Å². The number of ether oxygens (including phenoxy) is 1. The highest BCUT2D eigenvalue weighted by atomic mass is 19.1. The summed E-state index contributed by atoms with van der Waals surface area (Å²) in [5, 5.41) is 3.28. The molecule has 3 unspecified atom stereocenters. The second-order valence-electron chi connectivity index (χ2n) is 5.55. The Morgan fingerprint density at radius 1 is 1.14 bits per heavy atom. The van der Waals surface area contributed by atoms with Crippen LogP contribution < -0.4 is 10.1 Å². The van der Waals surface area contributed by atoms with Crippen LogP contribution in [-0.2, 0) is 0 Å². The lowest BCUT2D eigenvalue weighted by molar-refractivity contribution is 0.377. The fourth-order valence-corrected chi connectivity index (χ4v) is 3.19. The van der Waals surface area contributed by atoms with Crippen molar-refractivity contribution in [1.29, 1.82) is 0 Å². The average molecular weight is 285 g/mol. The second-order valence-corrected chi connectivity index (χ2v) is 5.55. The number of hydrogen-bond donors (Lipinski definition) is 1. The summed E-state index contributed by atoms with van der Waals surface area (Å²) in [6.07, 6.45) is 1.09. The maximum absolute atomic E-state index is 14.5. The molecular weight excluding hydrogens is 265 g/mol. The molecule has 0 radical (unpaired) electrons. The Hall–Kier alpha value is -1.87. The van der Waals surface area contributed by atoms with Crippen molar-refractivity contribution in [3.63, 3.8) is 0 Å². The van der Waals surface area contributed by atoms with E-state index in [2.05, 4.69) is 29.6 Å². The van der Waals surface area contributed by atoms with E-state index in [0.29, 0.717) is 23.1 Å². The fourth-order valence-electron chi connectivity index (χ4n) is 3.19. The average Bonchev–Trinajstić information content (AvgIpc) is 3.31. The highest BCUT2D eigenvalue weighted by Crippen LogP contribution is 2.54. The van der Waals surface area contributed by atoms with Gasteiger partial charge in [0.25, 0.3) is 0 Å². The zero-order valence-electron chi connectivity index (χ0n) is 12.3. The standard InChI is InChI=1S/C18H20FNO/c1-20-18(13-9-6-10-16(21-2)17(13)19)15-11-14(15)12-7-4-3-5-8-12/h3-10,14-15,18,20H,11H2,1-2H3. The van der Waals surface area contributed by atoms with Crippen molar-refractivity contribution in [2.75, 3.05) is 14.2 Å². The summed E-state index contributed by atoms with van der Waals surface area (Å²) < 4.78 is 19.6. The van der Waals surface area contributed by atoms with Crippen LogP contribution >= 0.6 is 0 Å². The molecule has 3 heteroatoms. The molecular formula is C18H20FNO. The number of methoxy groups -OCH3 is 1. The SMILES string of the molecule is CNC(c1cccc(OC)c1F)C1CC1c1ccccc1. The summed E-state index contributed by atoms with van der Waals surface area (Å²) in [5.41, 5.74) is 2.03.